The van der Waals surface area contributed by atoms with Crippen molar-refractivity contribution in [1.29, 1.82) is 5.26 Å². The van der Waals surface area contributed by atoms with E-state index >= 15 is 0 Å². The second kappa shape index (κ2) is 6.21. The summed E-state index contributed by atoms with van der Waals surface area (Å²) in [4.78, 5) is 21.9. The van der Waals surface area contributed by atoms with Crippen LogP contribution in [0.2, 0.25) is 0 Å². The van der Waals surface area contributed by atoms with Crippen LogP contribution in [0, 0.1) is 11.3 Å². The Bertz CT molecular complexity index is 523. The zero-order valence-corrected chi connectivity index (χ0v) is 9.97. The Morgan fingerprint density at radius 3 is 2.33 bits per heavy atom. The molecule has 18 heavy (non-hydrogen) atoms. The van der Waals surface area contributed by atoms with Crippen molar-refractivity contribution in [3.63, 3.8) is 0 Å². The Morgan fingerprint density at radius 2 is 1.89 bits per heavy atom. The van der Waals surface area contributed by atoms with Gasteiger partial charge in [0.15, 0.2) is 0 Å². The minimum absolute atomic E-state index is 0.0993. The molecule has 0 amide bonds. The van der Waals surface area contributed by atoms with Gasteiger partial charge in [-0.15, -0.1) is 0 Å². The van der Waals surface area contributed by atoms with Crippen LogP contribution in [0.3, 0.4) is 0 Å². The van der Waals surface area contributed by atoms with Crippen molar-refractivity contribution >= 4 is 18.0 Å². The third-order valence-electron chi connectivity index (χ3n) is 1.98. The molecule has 0 aliphatic carbocycles. The Morgan fingerprint density at radius 1 is 1.28 bits per heavy atom. The van der Waals surface area contributed by atoms with Crippen molar-refractivity contribution in [2.75, 3.05) is 7.11 Å². The first-order valence-electron chi connectivity index (χ1n) is 5.05. The second-order valence-corrected chi connectivity index (χ2v) is 3.32. The maximum atomic E-state index is 11.2. The molecule has 0 aliphatic heterocycles. The molecular formula is C13H11NO4. The van der Waals surface area contributed by atoms with E-state index in [-0.39, 0.29) is 5.57 Å². The van der Waals surface area contributed by atoms with Gasteiger partial charge in [-0.25, -0.2) is 4.79 Å². The lowest BCUT2D eigenvalue weighted by atomic mass is 10.1. The average Bonchev–Trinajstić information content (AvgIpc) is 2.36. The van der Waals surface area contributed by atoms with Crippen LogP contribution in [-0.4, -0.2) is 19.0 Å². The molecule has 0 spiro atoms. The van der Waals surface area contributed by atoms with Crippen LogP contribution in [0.4, 0.5) is 0 Å². The number of esters is 2. The molecule has 0 aromatic heterocycles. The van der Waals surface area contributed by atoms with Gasteiger partial charge in [-0.1, -0.05) is 12.1 Å². The molecule has 1 aromatic carbocycles. The molecule has 0 unspecified atom stereocenters. The van der Waals surface area contributed by atoms with Crippen LogP contribution < -0.4 is 4.74 Å². The Balaban J connectivity index is 2.92. The van der Waals surface area contributed by atoms with Gasteiger partial charge in [-0.05, 0) is 23.8 Å². The van der Waals surface area contributed by atoms with E-state index in [9.17, 15) is 9.59 Å². The van der Waals surface area contributed by atoms with Crippen LogP contribution in [0.25, 0.3) is 6.08 Å². The van der Waals surface area contributed by atoms with E-state index in [0.717, 1.165) is 0 Å². The van der Waals surface area contributed by atoms with Gasteiger partial charge < -0.3 is 9.47 Å². The molecule has 0 N–H and O–H groups in total. The summed E-state index contributed by atoms with van der Waals surface area (Å²) >= 11 is 0. The monoisotopic (exact) mass is 245 g/mol. The third kappa shape index (κ3) is 3.76. The number of carbonyl (C=O) groups excluding carboxylic acids is 2. The number of rotatable bonds is 3. The van der Waals surface area contributed by atoms with Crippen molar-refractivity contribution in [3.8, 4) is 11.8 Å². The molecule has 92 valence electrons. The smallest absolute Gasteiger partial charge is 0.348 e. The maximum absolute atomic E-state index is 11.2. The van der Waals surface area contributed by atoms with Crippen molar-refractivity contribution < 1.29 is 19.1 Å². The van der Waals surface area contributed by atoms with Crippen LogP contribution in [-0.2, 0) is 14.3 Å². The topological polar surface area (TPSA) is 76.4 Å². The van der Waals surface area contributed by atoms with Gasteiger partial charge >= 0.3 is 11.9 Å². The number of hydrogen-bond acceptors (Lipinski definition) is 5. The first kappa shape index (κ1) is 13.5. The highest BCUT2D eigenvalue weighted by Crippen LogP contribution is 2.15. The van der Waals surface area contributed by atoms with Crippen molar-refractivity contribution in [2.45, 2.75) is 6.92 Å². The van der Waals surface area contributed by atoms with E-state index in [4.69, 9.17) is 10.00 Å². The first-order chi connectivity index (χ1) is 8.56. The summed E-state index contributed by atoms with van der Waals surface area (Å²) in [6.45, 7) is 1.30. The van der Waals surface area contributed by atoms with Gasteiger partial charge in [-0.2, -0.15) is 5.26 Å². The van der Waals surface area contributed by atoms with Crippen molar-refractivity contribution in [1.82, 2.24) is 0 Å². The predicted molar refractivity (Wildman–Crippen MR) is 63.4 cm³/mol. The number of methoxy groups -OCH3 is 1. The summed E-state index contributed by atoms with van der Waals surface area (Å²) < 4.78 is 9.31. The number of nitrogens with zero attached hydrogens (tertiary/aromatic N) is 1. The summed E-state index contributed by atoms with van der Waals surface area (Å²) in [5.74, 6) is -0.705. The zero-order chi connectivity index (χ0) is 13.5. The highest BCUT2D eigenvalue weighted by Gasteiger charge is 2.08. The molecule has 5 nitrogen and oxygen atoms in total. The quantitative estimate of drug-likeness (QED) is 0.350. The van der Waals surface area contributed by atoms with Crippen molar-refractivity contribution in [3.05, 3.63) is 35.4 Å². The highest BCUT2D eigenvalue weighted by atomic mass is 16.5. The second-order valence-electron chi connectivity index (χ2n) is 3.32. The fourth-order valence-electron chi connectivity index (χ4n) is 1.21. The predicted octanol–water partition coefficient (Wildman–Crippen LogP) is 1.69. The molecule has 0 saturated heterocycles. The van der Waals surface area contributed by atoms with Gasteiger partial charge in [-0.3, -0.25) is 4.79 Å². The van der Waals surface area contributed by atoms with Gasteiger partial charge in [0, 0.05) is 6.92 Å². The lowest BCUT2D eigenvalue weighted by Crippen LogP contribution is -2.02. The van der Waals surface area contributed by atoms with E-state index in [0.29, 0.717) is 11.3 Å². The standard InChI is InChI=1S/C13H11NO4/c1-9(15)18-12-5-3-10(4-6-12)7-11(8-14)13(16)17-2/h3-7H,1-2H3/b11-7+. The molecule has 0 saturated carbocycles. The highest BCUT2D eigenvalue weighted by molar-refractivity contribution is 5.97. The minimum Gasteiger partial charge on any atom is -0.465 e. The Labute approximate surface area is 104 Å². The number of benzene rings is 1. The van der Waals surface area contributed by atoms with Crippen molar-refractivity contribution in [2.24, 2.45) is 0 Å². The number of nitriles is 1. The Hall–Kier alpha value is -2.61. The van der Waals surface area contributed by atoms with Gasteiger partial charge in [0.05, 0.1) is 7.11 Å². The molecule has 1 rings (SSSR count). The minimum atomic E-state index is -0.693. The largest absolute Gasteiger partial charge is 0.465 e. The van der Waals surface area contributed by atoms with Crippen LogP contribution >= 0.6 is 0 Å². The SMILES string of the molecule is COC(=O)/C(C#N)=C/c1ccc(OC(C)=O)cc1. The Kier molecular flexibility index (Phi) is 4.64. The summed E-state index contributed by atoms with van der Waals surface area (Å²) in [6, 6.07) is 8.13. The fraction of sp³-hybridized carbons (Fsp3) is 0.154. The summed E-state index contributed by atoms with van der Waals surface area (Å²) in [6.07, 6.45) is 1.39. The summed E-state index contributed by atoms with van der Waals surface area (Å²) in [7, 11) is 1.21. The normalized spacial score (nSPS) is 10.4. The molecule has 0 aliphatic rings. The molecule has 0 radical (unpaired) electrons. The van der Waals surface area contributed by atoms with E-state index in [1.807, 2.05) is 0 Å². The molecule has 0 atom stereocenters. The van der Waals surface area contributed by atoms with E-state index in [1.165, 1.54) is 20.1 Å². The molecular weight excluding hydrogens is 234 g/mol. The van der Waals surface area contributed by atoms with Crippen LogP contribution in [0.1, 0.15) is 12.5 Å². The van der Waals surface area contributed by atoms with Gasteiger partial charge in [0.1, 0.15) is 17.4 Å². The number of hydrogen-bond donors (Lipinski definition) is 0. The van der Waals surface area contributed by atoms with Gasteiger partial charge in [0.25, 0.3) is 0 Å². The third-order valence-corrected chi connectivity index (χ3v) is 1.98. The molecule has 0 heterocycles. The fourth-order valence-corrected chi connectivity index (χ4v) is 1.21. The zero-order valence-electron chi connectivity index (χ0n) is 9.97. The number of carbonyl (C=O) groups is 2. The lowest BCUT2D eigenvalue weighted by molar-refractivity contribution is -0.135. The maximum Gasteiger partial charge on any atom is 0.348 e. The average molecular weight is 245 g/mol. The lowest BCUT2D eigenvalue weighted by Gasteiger charge is -2.01. The van der Waals surface area contributed by atoms with Crippen LogP contribution in [0.5, 0.6) is 5.75 Å². The summed E-state index contributed by atoms with van der Waals surface area (Å²) in [5.41, 5.74) is 0.533. The molecule has 0 bridgehead atoms. The first-order valence-corrected chi connectivity index (χ1v) is 5.05. The molecule has 5 heteroatoms. The number of ether oxygens (including phenoxy) is 2. The van der Waals surface area contributed by atoms with Gasteiger partial charge in [0.2, 0.25) is 0 Å². The van der Waals surface area contributed by atoms with E-state index < -0.39 is 11.9 Å². The van der Waals surface area contributed by atoms with Crippen LogP contribution in [0.15, 0.2) is 29.8 Å². The molecule has 1 aromatic rings. The van der Waals surface area contributed by atoms with E-state index in [1.54, 1.807) is 30.3 Å². The summed E-state index contributed by atoms with van der Waals surface area (Å²) in [5, 5.41) is 8.77. The molecule has 0 fully saturated rings. The van der Waals surface area contributed by atoms with E-state index in [2.05, 4.69) is 4.74 Å².